The number of aromatic nitrogens is 1. The fourth-order valence-corrected chi connectivity index (χ4v) is 2.87. The maximum atomic E-state index is 11.6. The average Bonchev–Trinajstić information content (AvgIpc) is 2.49. The summed E-state index contributed by atoms with van der Waals surface area (Å²) in [7, 11) is 0. The Morgan fingerprint density at radius 2 is 2.19 bits per heavy atom. The van der Waals surface area contributed by atoms with E-state index in [0.717, 1.165) is 27.8 Å². The first-order valence-electron chi connectivity index (χ1n) is 6.83. The minimum Gasteiger partial charge on any atom is -0.482 e. The number of aryl methyl sites for hydroxylation is 1. The van der Waals surface area contributed by atoms with Gasteiger partial charge in [-0.3, -0.25) is 9.78 Å². The Morgan fingerprint density at radius 1 is 1.33 bits per heavy atom. The molecule has 4 nitrogen and oxygen atoms in total. The third-order valence-electron chi connectivity index (χ3n) is 3.44. The van der Waals surface area contributed by atoms with E-state index in [0.29, 0.717) is 12.2 Å². The van der Waals surface area contributed by atoms with E-state index in [1.807, 2.05) is 37.3 Å². The molecule has 0 aliphatic carbocycles. The molecule has 1 amide bonds. The summed E-state index contributed by atoms with van der Waals surface area (Å²) in [4.78, 5) is 15.9. The average molecular weight is 347 g/mol. The Morgan fingerprint density at radius 3 is 2.95 bits per heavy atom. The summed E-state index contributed by atoms with van der Waals surface area (Å²) in [5.41, 5.74) is 2.72. The molecule has 21 heavy (non-hydrogen) atoms. The van der Waals surface area contributed by atoms with E-state index >= 15 is 0 Å². The quantitative estimate of drug-likeness (QED) is 0.917. The SMILES string of the molecule is C[C@H](Oc1cc(Br)cc2c1NC(=O)CC2)c1ccccn1. The van der Waals surface area contributed by atoms with Crippen LogP contribution in [0.1, 0.15) is 30.7 Å². The Bertz CT molecular complexity index is 673. The van der Waals surface area contributed by atoms with Crippen molar-refractivity contribution in [3.63, 3.8) is 0 Å². The minimum atomic E-state index is -0.191. The summed E-state index contributed by atoms with van der Waals surface area (Å²) in [5.74, 6) is 0.700. The highest BCUT2D eigenvalue weighted by Gasteiger charge is 2.21. The van der Waals surface area contributed by atoms with E-state index in [4.69, 9.17) is 4.74 Å². The van der Waals surface area contributed by atoms with E-state index in [2.05, 4.69) is 26.2 Å². The summed E-state index contributed by atoms with van der Waals surface area (Å²) in [5, 5.41) is 2.91. The van der Waals surface area contributed by atoms with Crippen LogP contribution in [0.3, 0.4) is 0 Å². The molecule has 0 unspecified atom stereocenters. The number of rotatable bonds is 3. The standard InChI is InChI=1S/C16H15BrN2O2/c1-10(13-4-2-3-7-18-13)21-14-9-12(17)8-11-5-6-15(20)19-16(11)14/h2-4,7-10H,5-6H2,1H3,(H,19,20)/t10-/m0/s1. The molecular formula is C16H15BrN2O2. The molecule has 2 aromatic rings. The van der Waals surface area contributed by atoms with Gasteiger partial charge in [-0.2, -0.15) is 0 Å². The Hall–Kier alpha value is -1.88. The van der Waals surface area contributed by atoms with Gasteiger partial charge in [-0.05, 0) is 43.2 Å². The molecule has 0 fully saturated rings. The lowest BCUT2D eigenvalue weighted by Crippen LogP contribution is -2.20. The van der Waals surface area contributed by atoms with Crippen molar-refractivity contribution in [3.8, 4) is 5.75 Å². The lowest BCUT2D eigenvalue weighted by Gasteiger charge is -2.23. The van der Waals surface area contributed by atoms with Crippen LogP contribution in [0.25, 0.3) is 0 Å². The molecule has 1 aromatic heterocycles. The summed E-state index contributed by atoms with van der Waals surface area (Å²) in [6, 6.07) is 9.63. The third-order valence-corrected chi connectivity index (χ3v) is 3.90. The van der Waals surface area contributed by atoms with Gasteiger partial charge in [-0.1, -0.05) is 22.0 Å². The highest BCUT2D eigenvalue weighted by Crippen LogP contribution is 2.37. The maximum absolute atomic E-state index is 11.6. The van der Waals surface area contributed by atoms with Gasteiger partial charge < -0.3 is 10.1 Å². The molecule has 0 bridgehead atoms. The first-order chi connectivity index (χ1) is 10.1. The predicted octanol–water partition coefficient (Wildman–Crippen LogP) is 3.87. The van der Waals surface area contributed by atoms with Crippen LogP contribution in [0, 0.1) is 0 Å². The molecule has 1 N–H and O–H groups in total. The number of benzene rings is 1. The van der Waals surface area contributed by atoms with Gasteiger partial charge in [0.2, 0.25) is 5.91 Å². The second-order valence-corrected chi connectivity index (χ2v) is 5.92. The molecule has 0 saturated heterocycles. The van der Waals surface area contributed by atoms with Crippen LogP contribution in [0.2, 0.25) is 0 Å². The molecule has 1 atom stereocenters. The lowest BCUT2D eigenvalue weighted by atomic mass is 10.0. The van der Waals surface area contributed by atoms with Gasteiger partial charge in [0.15, 0.2) is 0 Å². The molecule has 1 aliphatic heterocycles. The smallest absolute Gasteiger partial charge is 0.224 e. The zero-order valence-electron chi connectivity index (χ0n) is 11.6. The van der Waals surface area contributed by atoms with Gasteiger partial charge >= 0.3 is 0 Å². The summed E-state index contributed by atoms with van der Waals surface area (Å²) in [6.07, 6.45) is 2.80. The number of hydrogen-bond donors (Lipinski definition) is 1. The monoisotopic (exact) mass is 346 g/mol. The largest absolute Gasteiger partial charge is 0.482 e. The van der Waals surface area contributed by atoms with E-state index in [-0.39, 0.29) is 12.0 Å². The van der Waals surface area contributed by atoms with Crippen molar-refractivity contribution in [2.45, 2.75) is 25.9 Å². The van der Waals surface area contributed by atoms with E-state index in [9.17, 15) is 4.79 Å². The molecule has 108 valence electrons. The van der Waals surface area contributed by atoms with Crippen LogP contribution in [-0.4, -0.2) is 10.9 Å². The van der Waals surface area contributed by atoms with Crippen molar-refractivity contribution in [1.29, 1.82) is 0 Å². The molecule has 2 heterocycles. The molecule has 5 heteroatoms. The van der Waals surface area contributed by atoms with Crippen LogP contribution >= 0.6 is 15.9 Å². The number of pyridine rings is 1. The number of ether oxygens (including phenoxy) is 1. The number of carbonyl (C=O) groups excluding carboxylic acids is 1. The van der Waals surface area contributed by atoms with Crippen molar-refractivity contribution in [3.05, 3.63) is 52.3 Å². The fourth-order valence-electron chi connectivity index (χ4n) is 2.39. The van der Waals surface area contributed by atoms with Crippen LogP contribution in [-0.2, 0) is 11.2 Å². The van der Waals surface area contributed by atoms with Crippen molar-refractivity contribution in [1.82, 2.24) is 4.98 Å². The summed E-state index contributed by atoms with van der Waals surface area (Å²) in [6.45, 7) is 1.94. The minimum absolute atomic E-state index is 0.0279. The van der Waals surface area contributed by atoms with Gasteiger partial charge in [0.1, 0.15) is 11.9 Å². The zero-order valence-corrected chi connectivity index (χ0v) is 13.2. The predicted molar refractivity (Wildman–Crippen MR) is 84.4 cm³/mol. The van der Waals surface area contributed by atoms with Crippen molar-refractivity contribution >= 4 is 27.5 Å². The number of anilines is 1. The number of fused-ring (bicyclic) bond motifs is 1. The van der Waals surface area contributed by atoms with Gasteiger partial charge in [0, 0.05) is 17.1 Å². The zero-order chi connectivity index (χ0) is 14.8. The number of halogens is 1. The third kappa shape index (κ3) is 3.08. The second kappa shape index (κ2) is 5.85. The number of nitrogens with zero attached hydrogens (tertiary/aromatic N) is 1. The first-order valence-corrected chi connectivity index (χ1v) is 7.62. The van der Waals surface area contributed by atoms with E-state index in [1.54, 1.807) is 6.20 Å². The molecule has 0 saturated carbocycles. The highest BCUT2D eigenvalue weighted by atomic mass is 79.9. The Balaban J connectivity index is 1.92. The number of amides is 1. The van der Waals surface area contributed by atoms with Gasteiger partial charge in [0.25, 0.3) is 0 Å². The Labute approximate surface area is 131 Å². The van der Waals surface area contributed by atoms with E-state index in [1.165, 1.54) is 0 Å². The summed E-state index contributed by atoms with van der Waals surface area (Å²) >= 11 is 3.49. The van der Waals surface area contributed by atoms with Crippen molar-refractivity contribution in [2.75, 3.05) is 5.32 Å². The van der Waals surface area contributed by atoms with Crippen LogP contribution in [0.15, 0.2) is 41.0 Å². The van der Waals surface area contributed by atoms with Crippen LogP contribution < -0.4 is 10.1 Å². The number of hydrogen-bond acceptors (Lipinski definition) is 3. The van der Waals surface area contributed by atoms with Crippen molar-refractivity contribution in [2.24, 2.45) is 0 Å². The topological polar surface area (TPSA) is 51.2 Å². The molecular weight excluding hydrogens is 332 g/mol. The molecule has 0 spiro atoms. The summed E-state index contributed by atoms with van der Waals surface area (Å²) < 4.78 is 6.97. The van der Waals surface area contributed by atoms with Crippen molar-refractivity contribution < 1.29 is 9.53 Å². The fraction of sp³-hybridized carbons (Fsp3) is 0.250. The molecule has 1 aromatic carbocycles. The Kier molecular flexibility index (Phi) is 3.92. The first kappa shape index (κ1) is 14.1. The second-order valence-electron chi connectivity index (χ2n) is 5.00. The van der Waals surface area contributed by atoms with Gasteiger partial charge in [-0.15, -0.1) is 0 Å². The lowest BCUT2D eigenvalue weighted by molar-refractivity contribution is -0.116. The van der Waals surface area contributed by atoms with E-state index < -0.39 is 0 Å². The number of nitrogens with one attached hydrogen (secondary N) is 1. The molecule has 0 radical (unpaired) electrons. The highest BCUT2D eigenvalue weighted by molar-refractivity contribution is 9.10. The number of carbonyl (C=O) groups is 1. The van der Waals surface area contributed by atoms with Crippen LogP contribution in [0.5, 0.6) is 5.75 Å². The molecule has 1 aliphatic rings. The molecule has 3 rings (SSSR count). The van der Waals surface area contributed by atoms with Gasteiger partial charge in [-0.25, -0.2) is 0 Å². The van der Waals surface area contributed by atoms with Gasteiger partial charge in [0.05, 0.1) is 11.4 Å². The maximum Gasteiger partial charge on any atom is 0.224 e. The normalized spacial score (nSPS) is 15.0. The van der Waals surface area contributed by atoms with Crippen LogP contribution in [0.4, 0.5) is 5.69 Å².